The van der Waals surface area contributed by atoms with Crippen molar-refractivity contribution in [2.75, 3.05) is 0 Å². The summed E-state index contributed by atoms with van der Waals surface area (Å²) in [6.45, 7) is 7.05. The number of hydrogen-bond donors (Lipinski definition) is 0. The topological polar surface area (TPSA) is 34.1 Å². The van der Waals surface area contributed by atoms with E-state index in [9.17, 15) is 9.59 Å². The van der Waals surface area contributed by atoms with E-state index in [0.717, 1.165) is 12.8 Å². The van der Waals surface area contributed by atoms with Crippen molar-refractivity contribution in [2.24, 2.45) is 0 Å². The first-order chi connectivity index (χ1) is 7.09. The van der Waals surface area contributed by atoms with Gasteiger partial charge in [0.05, 0.1) is 5.57 Å². The fourth-order valence-corrected chi connectivity index (χ4v) is 1.41. The molecule has 2 heteroatoms. The molecule has 0 aromatic heterocycles. The number of hydrogen-bond acceptors (Lipinski definition) is 2. The number of unbranched alkanes of at least 4 members (excludes halogenated alkanes) is 5. The largest absolute Gasteiger partial charge is 0.294 e. The molecular weight excluding hydrogens is 188 g/mol. The maximum absolute atomic E-state index is 11.4. The molecule has 0 heterocycles. The molecule has 0 unspecified atom stereocenters. The van der Waals surface area contributed by atoms with Gasteiger partial charge in [-0.15, -0.1) is 0 Å². The van der Waals surface area contributed by atoms with Gasteiger partial charge in [-0.2, -0.15) is 0 Å². The van der Waals surface area contributed by atoms with Crippen molar-refractivity contribution in [1.82, 2.24) is 0 Å². The fourth-order valence-electron chi connectivity index (χ4n) is 1.41. The van der Waals surface area contributed by atoms with Gasteiger partial charge in [0.2, 0.25) is 0 Å². The van der Waals surface area contributed by atoms with Crippen molar-refractivity contribution in [3.8, 4) is 0 Å². The van der Waals surface area contributed by atoms with Crippen LogP contribution in [0.2, 0.25) is 0 Å². The van der Waals surface area contributed by atoms with Gasteiger partial charge in [0, 0.05) is 6.42 Å². The Bertz CT molecular complexity index is 229. The molecule has 0 bridgehead atoms. The first-order valence-corrected chi connectivity index (χ1v) is 5.82. The summed E-state index contributed by atoms with van der Waals surface area (Å²) in [4.78, 5) is 22.2. The average Bonchev–Trinajstić information content (AvgIpc) is 2.21. The van der Waals surface area contributed by atoms with E-state index < -0.39 is 0 Å². The second-order valence-corrected chi connectivity index (χ2v) is 3.98. The second-order valence-electron chi connectivity index (χ2n) is 3.98. The quantitative estimate of drug-likeness (QED) is 0.253. The lowest BCUT2D eigenvalue weighted by molar-refractivity contribution is -0.120. The molecule has 15 heavy (non-hydrogen) atoms. The zero-order valence-electron chi connectivity index (χ0n) is 9.97. The van der Waals surface area contributed by atoms with Crippen LogP contribution in [0.25, 0.3) is 0 Å². The van der Waals surface area contributed by atoms with Crippen LogP contribution in [0.4, 0.5) is 0 Å². The predicted octanol–water partition coefficient (Wildman–Crippen LogP) is 3.45. The van der Waals surface area contributed by atoms with Crippen LogP contribution in [0.3, 0.4) is 0 Å². The van der Waals surface area contributed by atoms with Crippen LogP contribution in [0.5, 0.6) is 0 Å². The third-order valence-electron chi connectivity index (χ3n) is 2.52. The average molecular weight is 210 g/mol. The molecule has 0 amide bonds. The van der Waals surface area contributed by atoms with E-state index in [-0.39, 0.29) is 17.1 Å². The standard InChI is InChI=1S/C13H22O2/c1-4-5-6-7-8-9-10-13(15)11(2)12(3)14/h2,4-10H2,1,3H3. The predicted molar refractivity (Wildman–Crippen MR) is 62.8 cm³/mol. The van der Waals surface area contributed by atoms with Gasteiger partial charge in [-0.25, -0.2) is 0 Å². The van der Waals surface area contributed by atoms with Crippen LogP contribution in [0.15, 0.2) is 12.2 Å². The highest BCUT2D eigenvalue weighted by molar-refractivity contribution is 6.18. The SMILES string of the molecule is C=C(C(C)=O)C(=O)CCCCCCCC. The Hall–Kier alpha value is -0.920. The van der Waals surface area contributed by atoms with E-state index in [1.807, 2.05) is 0 Å². The molecule has 0 fully saturated rings. The first-order valence-electron chi connectivity index (χ1n) is 5.82. The Kier molecular flexibility index (Phi) is 7.88. The van der Waals surface area contributed by atoms with Crippen molar-refractivity contribution in [2.45, 2.75) is 58.8 Å². The molecule has 0 aliphatic carbocycles. The van der Waals surface area contributed by atoms with Gasteiger partial charge >= 0.3 is 0 Å². The van der Waals surface area contributed by atoms with Crippen LogP contribution in [-0.2, 0) is 9.59 Å². The summed E-state index contributed by atoms with van der Waals surface area (Å²) in [5, 5.41) is 0. The summed E-state index contributed by atoms with van der Waals surface area (Å²) in [7, 11) is 0. The van der Waals surface area contributed by atoms with E-state index in [1.54, 1.807) is 0 Å². The molecular formula is C13H22O2. The van der Waals surface area contributed by atoms with Crippen LogP contribution in [0, 0.1) is 0 Å². The van der Waals surface area contributed by atoms with E-state index in [2.05, 4.69) is 13.5 Å². The molecule has 0 saturated carbocycles. The zero-order chi connectivity index (χ0) is 11.7. The number of carbonyl (C=O) groups excluding carboxylic acids is 2. The number of allylic oxidation sites excluding steroid dienone is 1. The summed E-state index contributed by atoms with van der Waals surface area (Å²) in [6.07, 6.45) is 7.39. The highest BCUT2D eigenvalue weighted by atomic mass is 16.1. The monoisotopic (exact) mass is 210 g/mol. The Labute approximate surface area is 92.8 Å². The fraction of sp³-hybridized carbons (Fsp3) is 0.692. The minimum atomic E-state index is -0.203. The van der Waals surface area contributed by atoms with E-state index in [1.165, 1.54) is 32.6 Å². The van der Waals surface area contributed by atoms with Crippen molar-refractivity contribution in [3.05, 3.63) is 12.2 Å². The summed E-state index contributed by atoms with van der Waals surface area (Å²) in [5.74, 6) is -0.288. The number of rotatable bonds is 9. The molecule has 0 saturated heterocycles. The number of ketones is 2. The Morgan fingerprint density at radius 1 is 1.00 bits per heavy atom. The number of carbonyl (C=O) groups is 2. The van der Waals surface area contributed by atoms with E-state index in [4.69, 9.17) is 0 Å². The van der Waals surface area contributed by atoms with Gasteiger partial charge in [-0.05, 0) is 13.3 Å². The molecule has 0 radical (unpaired) electrons. The minimum Gasteiger partial charge on any atom is -0.294 e. The van der Waals surface area contributed by atoms with Gasteiger partial charge < -0.3 is 0 Å². The molecule has 0 aliphatic rings. The maximum atomic E-state index is 11.4. The van der Waals surface area contributed by atoms with Crippen LogP contribution in [0.1, 0.15) is 58.8 Å². The lowest BCUT2D eigenvalue weighted by Crippen LogP contribution is -2.08. The van der Waals surface area contributed by atoms with Gasteiger partial charge in [0.1, 0.15) is 0 Å². The van der Waals surface area contributed by atoms with Crippen molar-refractivity contribution in [1.29, 1.82) is 0 Å². The minimum absolute atomic E-state index is 0.0852. The van der Waals surface area contributed by atoms with Crippen LogP contribution < -0.4 is 0 Å². The molecule has 0 rings (SSSR count). The lowest BCUT2D eigenvalue weighted by Gasteiger charge is -2.01. The first kappa shape index (κ1) is 14.1. The summed E-state index contributed by atoms with van der Waals surface area (Å²) in [5.41, 5.74) is 0.156. The maximum Gasteiger partial charge on any atom is 0.165 e. The summed E-state index contributed by atoms with van der Waals surface area (Å²) < 4.78 is 0. The molecule has 0 atom stereocenters. The Balaban J connectivity index is 3.47. The van der Waals surface area contributed by atoms with Crippen LogP contribution in [-0.4, -0.2) is 11.6 Å². The van der Waals surface area contributed by atoms with Crippen molar-refractivity contribution in [3.63, 3.8) is 0 Å². The third kappa shape index (κ3) is 7.06. The zero-order valence-corrected chi connectivity index (χ0v) is 9.97. The lowest BCUT2D eigenvalue weighted by atomic mass is 10.0. The smallest absolute Gasteiger partial charge is 0.165 e. The van der Waals surface area contributed by atoms with Gasteiger partial charge in [0.15, 0.2) is 11.6 Å². The molecule has 0 aromatic rings. The highest BCUT2D eigenvalue weighted by Gasteiger charge is 2.10. The second kappa shape index (κ2) is 8.39. The van der Waals surface area contributed by atoms with Gasteiger partial charge in [-0.1, -0.05) is 45.6 Å². The molecule has 86 valence electrons. The van der Waals surface area contributed by atoms with Crippen molar-refractivity contribution < 1.29 is 9.59 Å². The third-order valence-corrected chi connectivity index (χ3v) is 2.52. The van der Waals surface area contributed by atoms with Gasteiger partial charge in [0.25, 0.3) is 0 Å². The molecule has 0 aromatic carbocycles. The molecule has 2 nitrogen and oxygen atoms in total. The molecule has 0 N–H and O–H groups in total. The normalized spacial score (nSPS) is 10.0. The van der Waals surface area contributed by atoms with E-state index >= 15 is 0 Å². The Morgan fingerprint density at radius 3 is 2.07 bits per heavy atom. The van der Waals surface area contributed by atoms with Crippen LogP contribution >= 0.6 is 0 Å². The molecule has 0 aliphatic heterocycles. The highest BCUT2D eigenvalue weighted by Crippen LogP contribution is 2.09. The Morgan fingerprint density at radius 2 is 1.53 bits per heavy atom. The van der Waals surface area contributed by atoms with Gasteiger partial charge in [-0.3, -0.25) is 9.59 Å². The molecule has 0 spiro atoms. The van der Waals surface area contributed by atoms with E-state index in [0.29, 0.717) is 6.42 Å². The van der Waals surface area contributed by atoms with Crippen molar-refractivity contribution >= 4 is 11.6 Å². The summed E-state index contributed by atoms with van der Waals surface area (Å²) in [6, 6.07) is 0. The summed E-state index contributed by atoms with van der Waals surface area (Å²) >= 11 is 0. The number of Topliss-reactive ketones (excluding diaryl/α,β-unsaturated/α-hetero) is 2.